The van der Waals surface area contributed by atoms with Crippen LogP contribution in [0.3, 0.4) is 0 Å². The summed E-state index contributed by atoms with van der Waals surface area (Å²) in [5.41, 5.74) is 1.04. The molecule has 24 heavy (non-hydrogen) atoms. The number of aromatic nitrogens is 1. The Balaban J connectivity index is 2.02. The van der Waals surface area contributed by atoms with Crippen LogP contribution in [0, 0.1) is 5.92 Å². The number of hydrogen-bond acceptors (Lipinski definition) is 2. The number of pyridine rings is 1. The highest BCUT2D eigenvalue weighted by Gasteiger charge is 2.15. The molecule has 0 saturated heterocycles. The van der Waals surface area contributed by atoms with Crippen LogP contribution in [0.15, 0.2) is 24.4 Å². The Hall–Kier alpha value is -1.18. The van der Waals surface area contributed by atoms with Gasteiger partial charge in [0.25, 0.3) is 0 Å². The van der Waals surface area contributed by atoms with Crippen LogP contribution in [0.4, 0.5) is 0 Å². The summed E-state index contributed by atoms with van der Waals surface area (Å²) < 4.78 is 0. The van der Waals surface area contributed by atoms with Gasteiger partial charge in [-0.05, 0) is 31.9 Å². The van der Waals surface area contributed by atoms with Crippen LogP contribution in [-0.2, 0) is 11.2 Å². The van der Waals surface area contributed by atoms with Gasteiger partial charge in [-0.1, -0.05) is 83.6 Å². The minimum atomic E-state index is 0.151. The van der Waals surface area contributed by atoms with Crippen molar-refractivity contribution >= 4 is 5.78 Å². The Labute approximate surface area is 149 Å². The maximum atomic E-state index is 11.8. The number of rotatable bonds is 15. The summed E-state index contributed by atoms with van der Waals surface area (Å²) in [7, 11) is 0. The summed E-state index contributed by atoms with van der Waals surface area (Å²) in [4.78, 5) is 16.2. The van der Waals surface area contributed by atoms with E-state index in [1.165, 1.54) is 70.6 Å². The van der Waals surface area contributed by atoms with Gasteiger partial charge in [-0.2, -0.15) is 0 Å². The van der Waals surface area contributed by atoms with Crippen LogP contribution < -0.4 is 0 Å². The average Bonchev–Trinajstić information content (AvgIpc) is 2.59. The van der Waals surface area contributed by atoms with E-state index in [0.29, 0.717) is 5.78 Å². The molecule has 1 aromatic rings. The van der Waals surface area contributed by atoms with Crippen molar-refractivity contribution in [2.75, 3.05) is 0 Å². The third-order valence-corrected chi connectivity index (χ3v) is 4.91. The van der Waals surface area contributed by atoms with Gasteiger partial charge in [0.1, 0.15) is 5.78 Å². The number of carbonyl (C=O) groups is 1. The fraction of sp³-hybridized carbons (Fsp3) is 0.727. The van der Waals surface area contributed by atoms with E-state index >= 15 is 0 Å². The Morgan fingerprint density at radius 1 is 0.917 bits per heavy atom. The summed E-state index contributed by atoms with van der Waals surface area (Å²) in [6.07, 6.45) is 18.5. The summed E-state index contributed by atoms with van der Waals surface area (Å²) >= 11 is 0. The molecule has 2 nitrogen and oxygen atoms in total. The number of nitrogens with zero attached hydrogens (tertiary/aromatic N) is 1. The van der Waals surface area contributed by atoms with Crippen molar-refractivity contribution in [2.45, 2.75) is 97.3 Å². The Morgan fingerprint density at radius 3 is 2.00 bits per heavy atom. The van der Waals surface area contributed by atoms with Gasteiger partial charge in [0, 0.05) is 17.8 Å². The molecule has 1 atom stereocenters. The normalized spacial score (nSPS) is 12.2. The average molecular weight is 332 g/mol. The molecule has 1 heterocycles. The van der Waals surface area contributed by atoms with E-state index < -0.39 is 0 Å². The largest absolute Gasteiger partial charge is 0.300 e. The fourth-order valence-corrected chi connectivity index (χ4v) is 3.28. The number of hydrogen-bond donors (Lipinski definition) is 0. The number of Topliss-reactive ketones (excluding diaryl/α,β-unsaturated/α-hetero) is 1. The zero-order chi connectivity index (χ0) is 17.5. The zero-order valence-electron chi connectivity index (χ0n) is 15.9. The molecule has 0 aliphatic carbocycles. The first-order valence-electron chi connectivity index (χ1n) is 10.1. The first-order valence-corrected chi connectivity index (χ1v) is 10.1. The van der Waals surface area contributed by atoms with Crippen LogP contribution in [0.1, 0.15) is 96.6 Å². The summed E-state index contributed by atoms with van der Waals surface area (Å²) in [5.74, 6) is 0.464. The van der Waals surface area contributed by atoms with Crippen LogP contribution in [-0.4, -0.2) is 10.8 Å². The summed E-state index contributed by atoms with van der Waals surface area (Å²) in [5, 5.41) is 0. The van der Waals surface area contributed by atoms with E-state index in [-0.39, 0.29) is 5.92 Å². The number of ketones is 1. The molecule has 0 amide bonds. The zero-order valence-corrected chi connectivity index (χ0v) is 15.9. The Morgan fingerprint density at radius 2 is 1.50 bits per heavy atom. The predicted octanol–water partition coefficient (Wildman–Crippen LogP) is 6.53. The highest BCUT2D eigenvalue weighted by Crippen LogP contribution is 2.17. The number of carbonyl (C=O) groups excluding carboxylic acids is 1. The molecule has 1 unspecified atom stereocenters. The van der Waals surface area contributed by atoms with Crippen LogP contribution in [0.5, 0.6) is 0 Å². The third-order valence-electron chi connectivity index (χ3n) is 4.91. The molecule has 0 radical (unpaired) electrons. The summed E-state index contributed by atoms with van der Waals surface area (Å²) in [6, 6.07) is 5.95. The fourth-order valence-electron chi connectivity index (χ4n) is 3.28. The standard InChI is InChI=1S/C22H37NO/c1-3-4-5-6-7-8-9-10-11-12-13-16-21(20(2)24)19-22-17-14-15-18-23-22/h14-15,17-18,21H,3-13,16,19H2,1-2H3. The quantitative estimate of drug-likeness (QED) is 0.342. The van der Waals surface area contributed by atoms with Gasteiger partial charge in [-0.15, -0.1) is 0 Å². The van der Waals surface area contributed by atoms with E-state index in [0.717, 1.165) is 18.5 Å². The maximum absolute atomic E-state index is 11.8. The molecule has 0 N–H and O–H groups in total. The van der Waals surface area contributed by atoms with Crippen molar-refractivity contribution in [1.82, 2.24) is 4.98 Å². The predicted molar refractivity (Wildman–Crippen MR) is 103 cm³/mol. The van der Waals surface area contributed by atoms with E-state index in [4.69, 9.17) is 0 Å². The maximum Gasteiger partial charge on any atom is 0.133 e. The van der Waals surface area contributed by atoms with Gasteiger partial charge in [-0.3, -0.25) is 9.78 Å². The molecule has 136 valence electrons. The minimum Gasteiger partial charge on any atom is -0.300 e. The lowest BCUT2D eigenvalue weighted by atomic mass is 9.92. The van der Waals surface area contributed by atoms with Gasteiger partial charge < -0.3 is 0 Å². The Kier molecular flexibility index (Phi) is 12.3. The first kappa shape index (κ1) is 20.9. The third kappa shape index (κ3) is 10.6. The summed E-state index contributed by atoms with van der Waals surface area (Å²) in [6.45, 7) is 4.00. The molecular weight excluding hydrogens is 294 g/mol. The molecular formula is C22H37NO. The lowest BCUT2D eigenvalue weighted by Gasteiger charge is -2.13. The highest BCUT2D eigenvalue weighted by atomic mass is 16.1. The second kappa shape index (κ2) is 14.2. The molecule has 0 saturated carbocycles. The van der Waals surface area contributed by atoms with Gasteiger partial charge in [0.15, 0.2) is 0 Å². The molecule has 0 aliphatic rings. The van der Waals surface area contributed by atoms with E-state index in [9.17, 15) is 4.79 Å². The molecule has 0 fully saturated rings. The highest BCUT2D eigenvalue weighted by molar-refractivity contribution is 5.78. The van der Waals surface area contributed by atoms with Gasteiger partial charge in [0.2, 0.25) is 0 Å². The van der Waals surface area contributed by atoms with Crippen molar-refractivity contribution in [3.05, 3.63) is 30.1 Å². The second-order valence-electron chi connectivity index (χ2n) is 7.16. The SMILES string of the molecule is CCCCCCCCCCCCCC(Cc1ccccn1)C(C)=O. The van der Waals surface area contributed by atoms with E-state index in [2.05, 4.69) is 11.9 Å². The van der Waals surface area contributed by atoms with Crippen molar-refractivity contribution in [3.8, 4) is 0 Å². The first-order chi connectivity index (χ1) is 11.7. The van der Waals surface area contributed by atoms with Crippen molar-refractivity contribution in [2.24, 2.45) is 5.92 Å². The molecule has 1 rings (SSSR count). The molecule has 0 aromatic carbocycles. The topological polar surface area (TPSA) is 30.0 Å². The lowest BCUT2D eigenvalue weighted by Crippen LogP contribution is -2.14. The van der Waals surface area contributed by atoms with Crippen molar-refractivity contribution < 1.29 is 4.79 Å². The number of unbranched alkanes of at least 4 members (excludes halogenated alkanes) is 10. The second-order valence-corrected chi connectivity index (χ2v) is 7.16. The van der Waals surface area contributed by atoms with Crippen molar-refractivity contribution in [3.63, 3.8) is 0 Å². The van der Waals surface area contributed by atoms with Crippen LogP contribution in [0.2, 0.25) is 0 Å². The molecule has 0 aliphatic heterocycles. The van der Waals surface area contributed by atoms with E-state index in [1.54, 1.807) is 6.92 Å². The molecule has 0 spiro atoms. The minimum absolute atomic E-state index is 0.151. The molecule has 1 aromatic heterocycles. The Bertz CT molecular complexity index is 415. The van der Waals surface area contributed by atoms with Crippen LogP contribution >= 0.6 is 0 Å². The van der Waals surface area contributed by atoms with Crippen molar-refractivity contribution in [1.29, 1.82) is 0 Å². The van der Waals surface area contributed by atoms with Gasteiger partial charge in [-0.25, -0.2) is 0 Å². The van der Waals surface area contributed by atoms with E-state index in [1.807, 2.05) is 24.4 Å². The van der Waals surface area contributed by atoms with Crippen LogP contribution in [0.25, 0.3) is 0 Å². The monoisotopic (exact) mass is 331 g/mol. The van der Waals surface area contributed by atoms with Gasteiger partial charge >= 0.3 is 0 Å². The van der Waals surface area contributed by atoms with Gasteiger partial charge in [0.05, 0.1) is 0 Å². The molecule has 2 heteroatoms. The lowest BCUT2D eigenvalue weighted by molar-refractivity contribution is -0.121. The molecule has 0 bridgehead atoms. The smallest absolute Gasteiger partial charge is 0.133 e.